The Hall–Kier alpha value is -4.29. The lowest BCUT2D eigenvalue weighted by atomic mass is 10.2. The van der Waals surface area contributed by atoms with Crippen LogP contribution in [0.5, 0.6) is 17.4 Å². The first-order valence-corrected chi connectivity index (χ1v) is 11.4. The number of aromatic nitrogens is 2. The predicted octanol–water partition coefficient (Wildman–Crippen LogP) is 6.35. The number of nitrogens with zero attached hydrogens (tertiary/aromatic N) is 2. The van der Waals surface area contributed by atoms with Gasteiger partial charge in [-0.2, -0.15) is 13.2 Å². The summed E-state index contributed by atoms with van der Waals surface area (Å²) in [6.45, 7) is 0.732. The van der Waals surface area contributed by atoms with Gasteiger partial charge in [0.25, 0.3) is 0 Å². The maximum absolute atomic E-state index is 13.0. The Morgan fingerprint density at radius 1 is 1.00 bits per heavy atom. The van der Waals surface area contributed by atoms with Gasteiger partial charge >= 0.3 is 12.2 Å². The molecule has 0 spiro atoms. The smallest absolute Gasteiger partial charge is 0.417 e. The van der Waals surface area contributed by atoms with Gasteiger partial charge in [-0.25, -0.2) is 14.8 Å². The summed E-state index contributed by atoms with van der Waals surface area (Å²) >= 11 is 5.61. The monoisotopic (exact) mass is 547 g/mol. The highest BCUT2D eigenvalue weighted by molar-refractivity contribution is 6.31. The number of alkyl halides is 3. The van der Waals surface area contributed by atoms with Crippen molar-refractivity contribution in [1.82, 2.24) is 9.97 Å². The van der Waals surface area contributed by atoms with E-state index >= 15 is 0 Å². The minimum Gasteiger partial charge on any atom is -0.489 e. The van der Waals surface area contributed by atoms with Crippen molar-refractivity contribution in [2.24, 2.45) is 0 Å². The second-order valence-corrected chi connectivity index (χ2v) is 8.23. The number of hydrogen-bond donors (Lipinski definition) is 3. The van der Waals surface area contributed by atoms with Gasteiger partial charge in [0.1, 0.15) is 24.4 Å². The van der Waals surface area contributed by atoms with Crippen LogP contribution in [0.3, 0.4) is 0 Å². The molecule has 13 heteroatoms. The van der Waals surface area contributed by atoms with E-state index in [0.717, 1.165) is 12.1 Å². The number of benzene rings is 3. The molecule has 4 aromatic rings. The van der Waals surface area contributed by atoms with E-state index in [-0.39, 0.29) is 11.6 Å². The summed E-state index contributed by atoms with van der Waals surface area (Å²) in [5.41, 5.74) is 6.29. The highest BCUT2D eigenvalue weighted by atomic mass is 35.5. The number of carbonyl (C=O) groups is 1. The fraction of sp³-hybridized carbons (Fsp3) is 0.160. The third-order valence-corrected chi connectivity index (χ3v) is 5.46. The molecule has 9 nitrogen and oxygen atoms in total. The standard InChI is InChI=1S/C25H21ClF3N5O4/c1-36-8-9-37-22-12-21-17(11-20(22)30)23(32-13-31-21)38-16-5-2-14(3-6-16)33-24(35)34-15-4-7-19(26)18(10-15)25(27,28)29/h2-7,10-13H,8-9,30H2,1H3,(H2,33,34,35). The molecule has 38 heavy (non-hydrogen) atoms. The van der Waals surface area contributed by atoms with Gasteiger partial charge in [-0.1, -0.05) is 11.6 Å². The van der Waals surface area contributed by atoms with Crippen LogP contribution in [0.25, 0.3) is 10.9 Å². The first-order chi connectivity index (χ1) is 18.1. The number of ether oxygens (including phenoxy) is 3. The van der Waals surface area contributed by atoms with Crippen molar-refractivity contribution < 1.29 is 32.2 Å². The number of fused-ring (bicyclic) bond motifs is 1. The Morgan fingerprint density at radius 3 is 2.42 bits per heavy atom. The number of carbonyl (C=O) groups excluding carboxylic acids is 1. The van der Waals surface area contributed by atoms with Crippen LogP contribution < -0.4 is 25.8 Å². The van der Waals surface area contributed by atoms with E-state index < -0.39 is 22.8 Å². The van der Waals surface area contributed by atoms with Crippen molar-refractivity contribution in [2.75, 3.05) is 36.7 Å². The van der Waals surface area contributed by atoms with E-state index in [0.29, 0.717) is 47.0 Å². The third-order valence-electron chi connectivity index (χ3n) is 5.13. The van der Waals surface area contributed by atoms with Crippen LogP contribution in [-0.2, 0) is 10.9 Å². The highest BCUT2D eigenvalue weighted by Gasteiger charge is 2.33. The molecule has 0 fully saturated rings. The largest absolute Gasteiger partial charge is 0.489 e. The molecule has 0 unspecified atom stereocenters. The van der Waals surface area contributed by atoms with Gasteiger partial charge in [0.2, 0.25) is 5.88 Å². The Morgan fingerprint density at radius 2 is 1.71 bits per heavy atom. The number of hydrogen-bond acceptors (Lipinski definition) is 7. The molecule has 1 aromatic heterocycles. The second kappa shape index (κ2) is 11.4. The lowest BCUT2D eigenvalue weighted by Gasteiger charge is -2.13. The summed E-state index contributed by atoms with van der Waals surface area (Å²) in [5.74, 6) is 1.12. The summed E-state index contributed by atoms with van der Waals surface area (Å²) < 4.78 is 55.6. The van der Waals surface area contributed by atoms with Gasteiger partial charge in [0, 0.05) is 24.6 Å². The van der Waals surface area contributed by atoms with Crippen LogP contribution >= 0.6 is 11.6 Å². The van der Waals surface area contributed by atoms with Crippen molar-refractivity contribution in [2.45, 2.75) is 6.18 Å². The zero-order chi connectivity index (χ0) is 27.3. The zero-order valence-electron chi connectivity index (χ0n) is 19.8. The molecule has 2 amide bonds. The Balaban J connectivity index is 1.42. The van der Waals surface area contributed by atoms with Crippen molar-refractivity contribution >= 4 is 45.6 Å². The highest BCUT2D eigenvalue weighted by Crippen LogP contribution is 2.36. The Labute approximate surface area is 219 Å². The van der Waals surface area contributed by atoms with Gasteiger partial charge in [-0.15, -0.1) is 0 Å². The number of nitrogens with two attached hydrogens (primary N) is 1. The quantitative estimate of drug-likeness (QED) is 0.174. The molecule has 198 valence electrons. The fourth-order valence-electron chi connectivity index (χ4n) is 3.35. The number of rotatable bonds is 8. The molecule has 0 atom stereocenters. The number of methoxy groups -OCH3 is 1. The summed E-state index contributed by atoms with van der Waals surface area (Å²) in [7, 11) is 1.57. The molecule has 3 aromatic carbocycles. The summed E-state index contributed by atoms with van der Waals surface area (Å²) in [4.78, 5) is 20.7. The lowest BCUT2D eigenvalue weighted by molar-refractivity contribution is -0.137. The van der Waals surface area contributed by atoms with E-state index in [1.807, 2.05) is 0 Å². The molecule has 0 aliphatic rings. The molecule has 0 bridgehead atoms. The van der Waals surface area contributed by atoms with Crippen molar-refractivity contribution in [3.63, 3.8) is 0 Å². The normalized spacial score (nSPS) is 11.3. The van der Waals surface area contributed by atoms with Gasteiger partial charge in [-0.3, -0.25) is 0 Å². The molecular formula is C25H21ClF3N5O4. The molecule has 0 radical (unpaired) electrons. The van der Waals surface area contributed by atoms with E-state index in [4.69, 9.17) is 31.5 Å². The average Bonchev–Trinajstić information content (AvgIpc) is 2.86. The van der Waals surface area contributed by atoms with Gasteiger partial charge < -0.3 is 30.6 Å². The maximum Gasteiger partial charge on any atom is 0.417 e. The molecule has 1 heterocycles. The number of nitrogens with one attached hydrogen (secondary N) is 2. The summed E-state index contributed by atoms with van der Waals surface area (Å²) in [6, 6.07) is 11.9. The zero-order valence-corrected chi connectivity index (χ0v) is 20.6. The SMILES string of the molecule is COCCOc1cc2ncnc(Oc3ccc(NC(=O)Nc4ccc(Cl)c(C(F)(F)F)c4)cc3)c2cc1N. The second-order valence-electron chi connectivity index (χ2n) is 7.83. The summed E-state index contributed by atoms with van der Waals surface area (Å²) in [6.07, 6.45) is -3.31. The Bertz CT molecular complexity index is 1450. The lowest BCUT2D eigenvalue weighted by Crippen LogP contribution is -2.19. The fourth-order valence-corrected chi connectivity index (χ4v) is 3.57. The summed E-state index contributed by atoms with van der Waals surface area (Å²) in [5, 5.41) is 4.98. The van der Waals surface area contributed by atoms with E-state index in [1.165, 1.54) is 12.4 Å². The minimum absolute atomic E-state index is 0.0682. The van der Waals surface area contributed by atoms with Crippen molar-refractivity contribution in [1.29, 1.82) is 0 Å². The molecule has 4 N–H and O–H groups in total. The average molecular weight is 548 g/mol. The number of urea groups is 1. The minimum atomic E-state index is -4.65. The first kappa shape index (κ1) is 26.8. The topological polar surface area (TPSA) is 121 Å². The first-order valence-electron chi connectivity index (χ1n) is 11.0. The van der Waals surface area contributed by atoms with Crippen molar-refractivity contribution in [3.8, 4) is 17.4 Å². The van der Waals surface area contributed by atoms with Crippen LogP contribution in [0.2, 0.25) is 5.02 Å². The number of anilines is 3. The molecule has 0 saturated heterocycles. The van der Waals surface area contributed by atoms with Gasteiger partial charge in [-0.05, 0) is 48.5 Å². The molecule has 0 saturated carbocycles. The van der Waals surface area contributed by atoms with Crippen molar-refractivity contribution in [3.05, 3.63) is 71.5 Å². The molecular weight excluding hydrogens is 527 g/mol. The van der Waals surface area contributed by atoms with E-state index in [2.05, 4.69) is 20.6 Å². The maximum atomic E-state index is 13.0. The van der Waals surface area contributed by atoms with Crippen LogP contribution in [0, 0.1) is 0 Å². The number of amides is 2. The Kier molecular flexibility index (Phi) is 8.03. The van der Waals surface area contributed by atoms with E-state index in [1.54, 1.807) is 43.5 Å². The van der Waals surface area contributed by atoms with Crippen LogP contribution in [0.1, 0.15) is 5.56 Å². The predicted molar refractivity (Wildman–Crippen MR) is 137 cm³/mol. The van der Waals surface area contributed by atoms with Gasteiger partial charge in [0.05, 0.1) is 33.8 Å². The van der Waals surface area contributed by atoms with Crippen LogP contribution in [0.15, 0.2) is 60.9 Å². The molecule has 0 aliphatic heterocycles. The van der Waals surface area contributed by atoms with Gasteiger partial charge in [0.15, 0.2) is 0 Å². The van der Waals surface area contributed by atoms with Crippen LogP contribution in [-0.4, -0.2) is 36.3 Å². The third kappa shape index (κ3) is 6.52. The molecule has 0 aliphatic carbocycles. The number of nitrogen functional groups attached to an aromatic ring is 1. The molecule has 4 rings (SSSR count). The van der Waals surface area contributed by atoms with Crippen LogP contribution in [0.4, 0.5) is 35.0 Å². The number of halogens is 4. The van der Waals surface area contributed by atoms with E-state index in [9.17, 15) is 18.0 Å².